The van der Waals surface area contributed by atoms with Crippen molar-refractivity contribution < 1.29 is 14.6 Å². The summed E-state index contributed by atoms with van der Waals surface area (Å²) in [7, 11) is 0. The molecule has 18 heavy (non-hydrogen) atoms. The third-order valence-electron chi connectivity index (χ3n) is 2.86. The summed E-state index contributed by atoms with van der Waals surface area (Å²) < 4.78 is 13.3. The van der Waals surface area contributed by atoms with Gasteiger partial charge in [0, 0.05) is 25.2 Å². The first-order valence-electron chi connectivity index (χ1n) is 6.07. The van der Waals surface area contributed by atoms with Crippen LogP contribution in [0.4, 0.5) is 4.39 Å². The van der Waals surface area contributed by atoms with Crippen molar-refractivity contribution in [3.05, 3.63) is 35.6 Å². The molecule has 1 aromatic carbocycles. The first-order chi connectivity index (χ1) is 8.60. The topological polar surface area (TPSA) is 69.7 Å². The molecule has 0 heterocycles. The maximum Gasteiger partial charge on any atom is 0.123 e. The van der Waals surface area contributed by atoms with E-state index in [1.165, 1.54) is 12.1 Å². The Bertz CT molecular complexity index is 355. The van der Waals surface area contributed by atoms with Crippen molar-refractivity contribution in [2.75, 3.05) is 26.3 Å². The lowest BCUT2D eigenvalue weighted by molar-refractivity contribution is 0.111. The minimum atomic E-state index is -0.314. The largest absolute Gasteiger partial charge is 0.395 e. The van der Waals surface area contributed by atoms with Gasteiger partial charge >= 0.3 is 0 Å². The number of nitrogens with zero attached hydrogens (tertiary/aromatic N) is 1. The molecule has 1 rings (SSSR count). The van der Waals surface area contributed by atoms with E-state index in [0.717, 1.165) is 5.56 Å². The fraction of sp³-hybridized carbons (Fsp3) is 0.538. The Morgan fingerprint density at radius 3 is 2.33 bits per heavy atom. The van der Waals surface area contributed by atoms with E-state index in [2.05, 4.69) is 0 Å². The van der Waals surface area contributed by atoms with E-state index in [1.54, 1.807) is 12.1 Å². The molecule has 2 unspecified atom stereocenters. The van der Waals surface area contributed by atoms with Crippen LogP contribution in [-0.4, -0.2) is 47.5 Å². The SMILES string of the molecule is CC(N)C(c1cccc(F)c1)N(CCO)CCO. The third kappa shape index (κ3) is 4.03. The molecule has 0 radical (unpaired) electrons. The summed E-state index contributed by atoms with van der Waals surface area (Å²) in [5, 5.41) is 18.1. The lowest BCUT2D eigenvalue weighted by Gasteiger charge is -2.33. The summed E-state index contributed by atoms with van der Waals surface area (Å²) in [6.45, 7) is 2.56. The van der Waals surface area contributed by atoms with Gasteiger partial charge in [0.2, 0.25) is 0 Å². The van der Waals surface area contributed by atoms with E-state index < -0.39 is 0 Å². The Morgan fingerprint density at radius 2 is 1.89 bits per heavy atom. The molecule has 5 heteroatoms. The third-order valence-corrected chi connectivity index (χ3v) is 2.86. The van der Waals surface area contributed by atoms with Crippen LogP contribution in [0, 0.1) is 5.82 Å². The molecule has 0 bridgehead atoms. The van der Waals surface area contributed by atoms with Crippen LogP contribution in [0.25, 0.3) is 0 Å². The molecule has 0 aromatic heterocycles. The molecule has 0 aliphatic rings. The molecule has 4 nitrogen and oxygen atoms in total. The number of aliphatic hydroxyl groups is 2. The van der Waals surface area contributed by atoms with E-state index in [4.69, 9.17) is 15.9 Å². The first-order valence-corrected chi connectivity index (χ1v) is 6.07. The van der Waals surface area contributed by atoms with Gasteiger partial charge in [-0.25, -0.2) is 4.39 Å². The summed E-state index contributed by atoms with van der Waals surface area (Å²) in [6.07, 6.45) is 0. The Balaban J connectivity index is 2.99. The minimum Gasteiger partial charge on any atom is -0.395 e. The number of benzene rings is 1. The number of hydrogen-bond acceptors (Lipinski definition) is 4. The molecular formula is C13H21FN2O2. The highest BCUT2D eigenvalue weighted by Gasteiger charge is 2.23. The zero-order valence-electron chi connectivity index (χ0n) is 10.6. The normalized spacial score (nSPS) is 14.8. The Morgan fingerprint density at radius 1 is 1.28 bits per heavy atom. The molecule has 0 fully saturated rings. The maximum absolute atomic E-state index is 13.3. The molecule has 0 amide bonds. The highest BCUT2D eigenvalue weighted by molar-refractivity contribution is 5.21. The second-order valence-electron chi connectivity index (χ2n) is 4.34. The van der Waals surface area contributed by atoms with E-state index in [0.29, 0.717) is 13.1 Å². The Labute approximate surface area is 107 Å². The van der Waals surface area contributed by atoms with Crippen LogP contribution in [0.5, 0.6) is 0 Å². The van der Waals surface area contributed by atoms with Crippen LogP contribution in [0.2, 0.25) is 0 Å². The van der Waals surface area contributed by atoms with Crippen molar-refractivity contribution in [3.8, 4) is 0 Å². The molecule has 4 N–H and O–H groups in total. The predicted octanol–water partition coefficient (Wildman–Crippen LogP) is 0.501. The van der Waals surface area contributed by atoms with Crippen LogP contribution >= 0.6 is 0 Å². The molecule has 102 valence electrons. The number of halogens is 1. The van der Waals surface area contributed by atoms with E-state index >= 15 is 0 Å². The van der Waals surface area contributed by atoms with Gasteiger partial charge in [-0.05, 0) is 24.6 Å². The van der Waals surface area contributed by atoms with E-state index in [1.807, 2.05) is 11.8 Å². The van der Waals surface area contributed by atoms with Crippen LogP contribution in [0.15, 0.2) is 24.3 Å². The zero-order chi connectivity index (χ0) is 13.5. The highest BCUT2D eigenvalue weighted by Crippen LogP contribution is 2.23. The van der Waals surface area contributed by atoms with Gasteiger partial charge in [0.05, 0.1) is 13.2 Å². The lowest BCUT2D eigenvalue weighted by atomic mass is 9.99. The summed E-state index contributed by atoms with van der Waals surface area (Å²) in [5.41, 5.74) is 6.71. The fourth-order valence-corrected chi connectivity index (χ4v) is 2.18. The van der Waals surface area contributed by atoms with Crippen LogP contribution in [-0.2, 0) is 0 Å². The maximum atomic E-state index is 13.3. The fourth-order valence-electron chi connectivity index (χ4n) is 2.18. The minimum absolute atomic E-state index is 0.0292. The van der Waals surface area contributed by atoms with Crippen LogP contribution in [0.3, 0.4) is 0 Å². The zero-order valence-corrected chi connectivity index (χ0v) is 10.6. The van der Waals surface area contributed by atoms with E-state index in [-0.39, 0.29) is 31.1 Å². The molecule has 0 saturated carbocycles. The molecule has 0 saturated heterocycles. The van der Waals surface area contributed by atoms with Crippen LogP contribution < -0.4 is 5.73 Å². The monoisotopic (exact) mass is 256 g/mol. The van der Waals surface area contributed by atoms with Crippen molar-refractivity contribution in [1.29, 1.82) is 0 Å². The molecule has 1 aromatic rings. The number of nitrogens with two attached hydrogens (primary N) is 1. The second kappa shape index (κ2) is 7.43. The summed E-state index contributed by atoms with van der Waals surface area (Å²) in [4.78, 5) is 1.86. The predicted molar refractivity (Wildman–Crippen MR) is 68.5 cm³/mol. The summed E-state index contributed by atoms with van der Waals surface area (Å²) >= 11 is 0. The molecule has 0 spiro atoms. The number of hydrogen-bond donors (Lipinski definition) is 3. The standard InChI is InChI=1S/C13H21FN2O2/c1-10(15)13(16(5-7-17)6-8-18)11-3-2-4-12(14)9-11/h2-4,9-10,13,17-18H,5-8,15H2,1H3. The van der Waals surface area contributed by atoms with Crippen LogP contribution in [0.1, 0.15) is 18.5 Å². The van der Waals surface area contributed by atoms with Gasteiger partial charge in [-0.15, -0.1) is 0 Å². The van der Waals surface area contributed by atoms with Crippen molar-refractivity contribution in [2.24, 2.45) is 5.73 Å². The van der Waals surface area contributed by atoms with E-state index in [9.17, 15) is 4.39 Å². The van der Waals surface area contributed by atoms with Gasteiger partial charge < -0.3 is 15.9 Å². The summed E-state index contributed by atoms with van der Waals surface area (Å²) in [6, 6.07) is 5.81. The van der Waals surface area contributed by atoms with Gasteiger partial charge in [0.25, 0.3) is 0 Å². The average Bonchev–Trinajstić information content (AvgIpc) is 2.29. The smallest absolute Gasteiger partial charge is 0.123 e. The molecule has 2 atom stereocenters. The Kier molecular flexibility index (Phi) is 6.21. The lowest BCUT2D eigenvalue weighted by Crippen LogP contribution is -2.42. The van der Waals surface area contributed by atoms with Crippen molar-refractivity contribution in [2.45, 2.75) is 19.0 Å². The van der Waals surface area contributed by atoms with Gasteiger partial charge in [-0.2, -0.15) is 0 Å². The Hall–Kier alpha value is -1.01. The second-order valence-corrected chi connectivity index (χ2v) is 4.34. The van der Waals surface area contributed by atoms with Gasteiger partial charge in [0.15, 0.2) is 0 Å². The quantitative estimate of drug-likeness (QED) is 0.664. The molecule has 0 aliphatic heterocycles. The highest BCUT2D eigenvalue weighted by atomic mass is 19.1. The van der Waals surface area contributed by atoms with Crippen molar-refractivity contribution >= 4 is 0 Å². The molecule has 0 aliphatic carbocycles. The number of aliphatic hydroxyl groups excluding tert-OH is 2. The summed E-state index contributed by atoms with van der Waals surface area (Å²) in [5.74, 6) is -0.314. The van der Waals surface area contributed by atoms with Gasteiger partial charge in [-0.1, -0.05) is 12.1 Å². The van der Waals surface area contributed by atoms with Crippen molar-refractivity contribution in [1.82, 2.24) is 4.90 Å². The van der Waals surface area contributed by atoms with Gasteiger partial charge in [0.1, 0.15) is 5.82 Å². The number of rotatable bonds is 7. The van der Waals surface area contributed by atoms with Gasteiger partial charge in [-0.3, -0.25) is 4.90 Å². The average molecular weight is 256 g/mol. The molecular weight excluding hydrogens is 235 g/mol. The first kappa shape index (κ1) is 15.0. The van der Waals surface area contributed by atoms with Crippen molar-refractivity contribution in [3.63, 3.8) is 0 Å².